The van der Waals surface area contributed by atoms with E-state index in [2.05, 4.69) is 4.74 Å². The third-order valence-electron chi connectivity index (χ3n) is 1.60. The van der Waals surface area contributed by atoms with Gasteiger partial charge in [-0.15, -0.1) is 0 Å². The lowest BCUT2D eigenvalue weighted by Gasteiger charge is -2.02. The van der Waals surface area contributed by atoms with E-state index in [9.17, 15) is 4.79 Å². The summed E-state index contributed by atoms with van der Waals surface area (Å²) >= 11 is 0. The van der Waals surface area contributed by atoms with Gasteiger partial charge in [0.25, 0.3) is 0 Å². The zero-order chi connectivity index (χ0) is 9.68. The lowest BCUT2D eigenvalue weighted by Crippen LogP contribution is -2.07. The first-order valence-electron chi connectivity index (χ1n) is 3.97. The molecule has 0 aliphatic rings. The topological polar surface area (TPSA) is 35.5 Å². The van der Waals surface area contributed by atoms with E-state index >= 15 is 0 Å². The fourth-order valence-corrected chi connectivity index (χ4v) is 0.885. The fraction of sp³-hybridized carbons (Fsp3) is 0.300. The first-order chi connectivity index (χ1) is 6.24. The van der Waals surface area contributed by atoms with E-state index < -0.39 is 0 Å². The number of esters is 1. The van der Waals surface area contributed by atoms with Crippen molar-refractivity contribution < 1.29 is 14.3 Å². The number of carbonyl (C=O) groups is 1. The fourth-order valence-electron chi connectivity index (χ4n) is 0.885. The van der Waals surface area contributed by atoms with Gasteiger partial charge in [-0.1, -0.05) is 17.7 Å². The molecule has 0 saturated heterocycles. The highest BCUT2D eigenvalue weighted by molar-refractivity contribution is 5.89. The molecule has 0 unspecified atom stereocenters. The number of methoxy groups -OCH3 is 1. The van der Waals surface area contributed by atoms with Gasteiger partial charge in [-0.25, -0.2) is 4.79 Å². The number of ether oxygens (including phenoxy) is 2. The Hall–Kier alpha value is -1.35. The van der Waals surface area contributed by atoms with E-state index in [1.165, 1.54) is 7.11 Å². The molecular weight excluding hydrogens is 168 g/mol. The van der Waals surface area contributed by atoms with Gasteiger partial charge in [0.1, 0.15) is 0 Å². The van der Waals surface area contributed by atoms with Crippen LogP contribution in [0.3, 0.4) is 0 Å². The molecule has 70 valence electrons. The molecule has 0 N–H and O–H groups in total. The Kier molecular flexibility index (Phi) is 3.46. The minimum Gasteiger partial charge on any atom is -0.435 e. The second kappa shape index (κ2) is 4.62. The Morgan fingerprint density at radius 3 is 2.46 bits per heavy atom. The van der Waals surface area contributed by atoms with Gasteiger partial charge in [0.2, 0.25) is 0 Å². The Labute approximate surface area is 77.3 Å². The van der Waals surface area contributed by atoms with E-state index in [0.29, 0.717) is 5.56 Å². The molecule has 1 aromatic rings. The molecule has 1 aromatic carbocycles. The maximum Gasteiger partial charge on any atom is 0.340 e. The van der Waals surface area contributed by atoms with Gasteiger partial charge in [-0.3, -0.25) is 0 Å². The molecule has 0 saturated carbocycles. The smallest absolute Gasteiger partial charge is 0.340 e. The summed E-state index contributed by atoms with van der Waals surface area (Å²) in [6.45, 7) is 1.96. The van der Waals surface area contributed by atoms with Crippen LogP contribution >= 0.6 is 0 Å². The van der Waals surface area contributed by atoms with Gasteiger partial charge in [0, 0.05) is 7.11 Å². The van der Waals surface area contributed by atoms with Crippen molar-refractivity contribution in [3.05, 3.63) is 35.4 Å². The van der Waals surface area contributed by atoms with Gasteiger partial charge in [-0.05, 0) is 19.1 Å². The molecule has 0 aromatic heterocycles. The normalized spacial score (nSPS) is 9.69. The average Bonchev–Trinajstić information content (AvgIpc) is 2.15. The number of hydrogen-bond acceptors (Lipinski definition) is 3. The molecule has 0 heterocycles. The van der Waals surface area contributed by atoms with E-state index in [-0.39, 0.29) is 12.8 Å². The Bertz CT molecular complexity index is 277. The van der Waals surface area contributed by atoms with Crippen molar-refractivity contribution in [3.63, 3.8) is 0 Å². The molecule has 3 heteroatoms. The number of benzene rings is 1. The van der Waals surface area contributed by atoms with Crippen LogP contribution in [0, 0.1) is 6.92 Å². The van der Waals surface area contributed by atoms with Gasteiger partial charge in [0.15, 0.2) is 6.79 Å². The van der Waals surface area contributed by atoms with Gasteiger partial charge >= 0.3 is 5.97 Å². The molecule has 0 fully saturated rings. The summed E-state index contributed by atoms with van der Waals surface area (Å²) in [7, 11) is 1.47. The van der Waals surface area contributed by atoms with Crippen LogP contribution < -0.4 is 0 Å². The first-order valence-corrected chi connectivity index (χ1v) is 3.97. The predicted octanol–water partition coefficient (Wildman–Crippen LogP) is 1.76. The standard InChI is InChI=1S/C10H12O3/c1-8-3-5-9(6-4-8)10(11)13-7-12-2/h3-6H,7H2,1-2H3. The van der Waals surface area contributed by atoms with Crippen molar-refractivity contribution in [2.45, 2.75) is 6.92 Å². The summed E-state index contributed by atoms with van der Waals surface area (Å²) in [6.07, 6.45) is 0. The minimum absolute atomic E-state index is 0.00723. The molecule has 1 rings (SSSR count). The lowest BCUT2D eigenvalue weighted by molar-refractivity contribution is -0.0125. The van der Waals surface area contributed by atoms with Gasteiger partial charge in [-0.2, -0.15) is 0 Å². The minimum atomic E-state index is -0.359. The molecule has 0 aliphatic heterocycles. The van der Waals surface area contributed by atoms with Crippen LogP contribution in [0.1, 0.15) is 15.9 Å². The van der Waals surface area contributed by atoms with Crippen molar-refractivity contribution in [2.75, 3.05) is 13.9 Å². The summed E-state index contributed by atoms with van der Waals surface area (Å²) < 4.78 is 9.37. The number of rotatable bonds is 3. The van der Waals surface area contributed by atoms with Crippen molar-refractivity contribution >= 4 is 5.97 Å². The van der Waals surface area contributed by atoms with E-state index in [1.54, 1.807) is 12.1 Å². The molecule has 0 atom stereocenters. The molecule has 0 spiro atoms. The van der Waals surface area contributed by atoms with E-state index in [4.69, 9.17) is 4.74 Å². The monoisotopic (exact) mass is 180 g/mol. The predicted molar refractivity (Wildman–Crippen MR) is 48.5 cm³/mol. The van der Waals surface area contributed by atoms with Crippen LogP contribution in [0.15, 0.2) is 24.3 Å². The molecule has 0 amide bonds. The quantitative estimate of drug-likeness (QED) is 0.525. The van der Waals surface area contributed by atoms with Crippen LogP contribution in [0.2, 0.25) is 0 Å². The molecular formula is C10H12O3. The Morgan fingerprint density at radius 1 is 1.31 bits per heavy atom. The van der Waals surface area contributed by atoms with E-state index in [0.717, 1.165) is 5.56 Å². The lowest BCUT2D eigenvalue weighted by atomic mass is 10.2. The van der Waals surface area contributed by atoms with Crippen LogP contribution in [-0.4, -0.2) is 19.9 Å². The van der Waals surface area contributed by atoms with Crippen LogP contribution in [0.4, 0.5) is 0 Å². The van der Waals surface area contributed by atoms with Crippen LogP contribution in [0.5, 0.6) is 0 Å². The van der Waals surface area contributed by atoms with Crippen molar-refractivity contribution in [1.29, 1.82) is 0 Å². The highest BCUT2D eigenvalue weighted by Gasteiger charge is 2.04. The number of carbonyl (C=O) groups excluding carboxylic acids is 1. The Morgan fingerprint density at radius 2 is 1.92 bits per heavy atom. The first kappa shape index (κ1) is 9.74. The van der Waals surface area contributed by atoms with E-state index in [1.807, 2.05) is 19.1 Å². The van der Waals surface area contributed by atoms with Gasteiger partial charge < -0.3 is 9.47 Å². The molecule has 0 radical (unpaired) electrons. The number of aryl methyl sites for hydroxylation is 1. The van der Waals surface area contributed by atoms with Crippen molar-refractivity contribution in [1.82, 2.24) is 0 Å². The highest BCUT2D eigenvalue weighted by Crippen LogP contribution is 2.04. The van der Waals surface area contributed by atoms with Crippen LogP contribution in [-0.2, 0) is 9.47 Å². The highest BCUT2D eigenvalue weighted by atomic mass is 16.7. The summed E-state index contributed by atoms with van der Waals surface area (Å²) in [5, 5.41) is 0. The second-order valence-corrected chi connectivity index (χ2v) is 2.70. The maximum absolute atomic E-state index is 11.2. The zero-order valence-electron chi connectivity index (χ0n) is 7.74. The summed E-state index contributed by atoms with van der Waals surface area (Å²) in [5.74, 6) is -0.359. The molecule has 3 nitrogen and oxygen atoms in total. The third kappa shape index (κ3) is 2.87. The largest absolute Gasteiger partial charge is 0.435 e. The second-order valence-electron chi connectivity index (χ2n) is 2.70. The molecule has 0 aliphatic carbocycles. The summed E-state index contributed by atoms with van der Waals surface area (Å²) in [4.78, 5) is 11.2. The van der Waals surface area contributed by atoms with Crippen molar-refractivity contribution in [2.24, 2.45) is 0 Å². The van der Waals surface area contributed by atoms with Crippen LogP contribution in [0.25, 0.3) is 0 Å². The maximum atomic E-state index is 11.2. The zero-order valence-corrected chi connectivity index (χ0v) is 7.74. The Balaban J connectivity index is 2.61. The summed E-state index contributed by atoms with van der Waals surface area (Å²) in [6, 6.07) is 7.19. The molecule has 0 bridgehead atoms. The number of hydrogen-bond donors (Lipinski definition) is 0. The molecule has 13 heavy (non-hydrogen) atoms. The SMILES string of the molecule is COCOC(=O)c1ccc(C)cc1. The third-order valence-corrected chi connectivity index (χ3v) is 1.60. The summed E-state index contributed by atoms with van der Waals surface area (Å²) in [5.41, 5.74) is 1.66. The average molecular weight is 180 g/mol. The van der Waals surface area contributed by atoms with Gasteiger partial charge in [0.05, 0.1) is 5.56 Å². The van der Waals surface area contributed by atoms with Crippen molar-refractivity contribution in [3.8, 4) is 0 Å².